The first-order valence-corrected chi connectivity index (χ1v) is 16.0. The Labute approximate surface area is 257 Å². The highest BCUT2D eigenvalue weighted by atomic mass is 16.6. The van der Waals surface area contributed by atoms with E-state index in [1.54, 1.807) is 31.2 Å². The molecule has 3 rings (SSSR count). The van der Waals surface area contributed by atoms with Crippen LogP contribution in [0.1, 0.15) is 102 Å². The predicted molar refractivity (Wildman–Crippen MR) is 172 cm³/mol. The van der Waals surface area contributed by atoms with Gasteiger partial charge < -0.3 is 18.9 Å². The smallest absolute Gasteiger partial charge is 0.347 e. The average Bonchev–Trinajstić information content (AvgIpc) is 3.03. The molecule has 0 saturated heterocycles. The number of carbonyl (C=O) groups excluding carboxylic acids is 2. The normalized spacial score (nSPS) is 11.5. The number of hydrogen-bond donors (Lipinski definition) is 0. The number of ether oxygens (including phenoxy) is 4. The summed E-state index contributed by atoms with van der Waals surface area (Å²) < 4.78 is 22.5. The van der Waals surface area contributed by atoms with Crippen molar-refractivity contribution in [3.8, 4) is 28.4 Å². The summed E-state index contributed by atoms with van der Waals surface area (Å²) in [5.41, 5.74) is 2.41. The second-order valence-corrected chi connectivity index (χ2v) is 10.9. The Hall–Kier alpha value is -3.80. The molecule has 0 fully saturated rings. The molecule has 0 aromatic heterocycles. The van der Waals surface area contributed by atoms with Gasteiger partial charge in [-0.05, 0) is 79.4 Å². The molecule has 43 heavy (non-hydrogen) atoms. The number of unbranched alkanes of at least 4 members (excludes halogenated alkanes) is 9. The van der Waals surface area contributed by atoms with E-state index in [9.17, 15) is 9.59 Å². The molecule has 0 N–H and O–H groups in total. The molecule has 0 bridgehead atoms. The van der Waals surface area contributed by atoms with Crippen LogP contribution in [0.5, 0.6) is 17.2 Å². The first kappa shape index (κ1) is 33.7. The number of rotatable bonds is 20. The first-order valence-electron chi connectivity index (χ1n) is 16.0. The van der Waals surface area contributed by atoms with E-state index in [-0.39, 0.29) is 5.97 Å². The summed E-state index contributed by atoms with van der Waals surface area (Å²) in [6.45, 7) is 7.19. The Morgan fingerprint density at radius 1 is 0.581 bits per heavy atom. The van der Waals surface area contributed by atoms with Gasteiger partial charge in [0.15, 0.2) is 6.10 Å². The van der Waals surface area contributed by atoms with E-state index in [1.807, 2.05) is 48.5 Å². The molecule has 1 unspecified atom stereocenters. The first-order chi connectivity index (χ1) is 21.0. The van der Waals surface area contributed by atoms with Crippen LogP contribution in [0.25, 0.3) is 11.1 Å². The molecule has 0 spiro atoms. The van der Waals surface area contributed by atoms with Crippen molar-refractivity contribution in [2.45, 2.75) is 97.5 Å². The fraction of sp³-hybridized carbons (Fsp3) is 0.459. The average molecular weight is 589 g/mol. The molecule has 0 aliphatic carbocycles. The predicted octanol–water partition coefficient (Wildman–Crippen LogP) is 9.59. The van der Waals surface area contributed by atoms with E-state index < -0.39 is 12.1 Å². The third-order valence-electron chi connectivity index (χ3n) is 7.25. The van der Waals surface area contributed by atoms with Gasteiger partial charge in [0.2, 0.25) is 0 Å². The lowest BCUT2D eigenvalue weighted by molar-refractivity contribution is -0.151. The van der Waals surface area contributed by atoms with Crippen molar-refractivity contribution in [2.75, 3.05) is 13.2 Å². The van der Waals surface area contributed by atoms with Crippen molar-refractivity contribution in [3.05, 3.63) is 78.4 Å². The molecule has 3 aromatic rings. The summed E-state index contributed by atoms with van der Waals surface area (Å²) in [6.07, 6.45) is 12.3. The maximum Gasteiger partial charge on any atom is 0.347 e. The lowest BCUT2D eigenvalue weighted by Crippen LogP contribution is -2.26. The molecule has 0 aliphatic rings. The van der Waals surface area contributed by atoms with Gasteiger partial charge in [-0.1, -0.05) is 95.9 Å². The van der Waals surface area contributed by atoms with Crippen LogP contribution in [0.15, 0.2) is 72.8 Å². The maximum atomic E-state index is 12.7. The topological polar surface area (TPSA) is 71.1 Å². The molecule has 0 saturated carbocycles. The molecule has 6 nitrogen and oxygen atoms in total. The van der Waals surface area contributed by atoms with Crippen molar-refractivity contribution in [2.24, 2.45) is 0 Å². The van der Waals surface area contributed by atoms with Crippen LogP contribution in [0.4, 0.5) is 0 Å². The molecular weight excluding hydrogens is 540 g/mol. The van der Waals surface area contributed by atoms with Gasteiger partial charge in [0.25, 0.3) is 0 Å². The van der Waals surface area contributed by atoms with E-state index in [1.165, 1.54) is 38.5 Å². The van der Waals surface area contributed by atoms with E-state index >= 15 is 0 Å². The van der Waals surface area contributed by atoms with Gasteiger partial charge in [-0.25, -0.2) is 9.59 Å². The monoisotopic (exact) mass is 588 g/mol. The highest BCUT2D eigenvalue weighted by Crippen LogP contribution is 2.26. The van der Waals surface area contributed by atoms with E-state index in [4.69, 9.17) is 18.9 Å². The van der Waals surface area contributed by atoms with Crippen molar-refractivity contribution in [3.63, 3.8) is 0 Å². The minimum absolute atomic E-state index is 0.353. The highest BCUT2D eigenvalue weighted by Gasteiger charge is 2.16. The second kappa shape index (κ2) is 19.4. The van der Waals surface area contributed by atoms with Crippen LogP contribution in [0, 0.1) is 0 Å². The van der Waals surface area contributed by atoms with E-state index in [0.29, 0.717) is 30.3 Å². The molecule has 3 aromatic carbocycles. The molecule has 232 valence electrons. The molecule has 0 aliphatic heterocycles. The Bertz CT molecular complexity index is 1200. The van der Waals surface area contributed by atoms with Crippen LogP contribution >= 0.6 is 0 Å². The Kier molecular flexibility index (Phi) is 15.2. The van der Waals surface area contributed by atoms with Crippen LogP contribution < -0.4 is 14.2 Å². The summed E-state index contributed by atoms with van der Waals surface area (Å²) in [7, 11) is 0. The summed E-state index contributed by atoms with van der Waals surface area (Å²) in [5, 5.41) is 0. The number of esters is 2. The van der Waals surface area contributed by atoms with Gasteiger partial charge in [0.05, 0.1) is 18.8 Å². The zero-order chi connectivity index (χ0) is 30.7. The summed E-state index contributed by atoms with van der Waals surface area (Å²) in [6, 6.07) is 21.9. The number of hydrogen-bond acceptors (Lipinski definition) is 6. The van der Waals surface area contributed by atoms with Crippen molar-refractivity contribution in [1.82, 2.24) is 0 Å². The van der Waals surface area contributed by atoms with Gasteiger partial charge >= 0.3 is 11.9 Å². The van der Waals surface area contributed by atoms with Crippen LogP contribution in [-0.2, 0) is 9.53 Å². The van der Waals surface area contributed by atoms with Crippen molar-refractivity contribution in [1.29, 1.82) is 0 Å². The van der Waals surface area contributed by atoms with E-state index in [0.717, 1.165) is 49.0 Å². The molecule has 0 radical (unpaired) electrons. The van der Waals surface area contributed by atoms with Crippen LogP contribution in [-0.4, -0.2) is 31.3 Å². The standard InChI is InChI=1S/C37H48O6/c1-4-6-8-10-11-12-14-27-40-33-21-19-32(20-22-33)37(39)43-35-25-17-31(18-26-35)30-15-23-34(24-16-30)42-29(3)36(38)41-28-13-9-7-5-2/h15-26,29H,4-14,27-28H2,1-3H3. The van der Waals surface area contributed by atoms with Crippen LogP contribution in [0.2, 0.25) is 0 Å². The lowest BCUT2D eigenvalue weighted by Gasteiger charge is -2.14. The van der Waals surface area contributed by atoms with Crippen molar-refractivity contribution >= 4 is 11.9 Å². The summed E-state index contributed by atoms with van der Waals surface area (Å²) in [4.78, 5) is 24.8. The third kappa shape index (κ3) is 12.5. The maximum absolute atomic E-state index is 12.7. The molecular formula is C37H48O6. The fourth-order valence-corrected chi connectivity index (χ4v) is 4.61. The summed E-state index contributed by atoms with van der Waals surface area (Å²) >= 11 is 0. The zero-order valence-electron chi connectivity index (χ0n) is 26.1. The minimum atomic E-state index is -0.676. The third-order valence-corrected chi connectivity index (χ3v) is 7.25. The zero-order valence-corrected chi connectivity index (χ0v) is 26.1. The number of carbonyl (C=O) groups is 2. The Morgan fingerprint density at radius 3 is 1.67 bits per heavy atom. The fourth-order valence-electron chi connectivity index (χ4n) is 4.61. The SMILES string of the molecule is CCCCCCCCCOc1ccc(C(=O)Oc2ccc(-c3ccc(OC(C)C(=O)OCCCCCC)cc3)cc2)cc1. The molecule has 1 atom stereocenters. The van der Waals surface area contributed by atoms with Gasteiger partial charge in [-0.15, -0.1) is 0 Å². The second-order valence-electron chi connectivity index (χ2n) is 10.9. The van der Waals surface area contributed by atoms with Crippen LogP contribution in [0.3, 0.4) is 0 Å². The summed E-state index contributed by atoms with van der Waals surface area (Å²) in [5.74, 6) is 1.06. The van der Waals surface area contributed by atoms with Gasteiger partial charge in [-0.2, -0.15) is 0 Å². The van der Waals surface area contributed by atoms with Gasteiger partial charge in [-0.3, -0.25) is 0 Å². The number of benzene rings is 3. The quantitative estimate of drug-likeness (QED) is 0.0743. The van der Waals surface area contributed by atoms with Gasteiger partial charge in [0.1, 0.15) is 17.2 Å². The Balaban J connectivity index is 1.41. The van der Waals surface area contributed by atoms with E-state index in [2.05, 4.69) is 13.8 Å². The highest BCUT2D eigenvalue weighted by molar-refractivity contribution is 5.91. The van der Waals surface area contributed by atoms with Crippen molar-refractivity contribution < 1.29 is 28.5 Å². The van der Waals surface area contributed by atoms with Gasteiger partial charge in [0, 0.05) is 0 Å². The lowest BCUT2D eigenvalue weighted by atomic mass is 10.1. The minimum Gasteiger partial charge on any atom is -0.494 e. The Morgan fingerprint density at radius 2 is 1.07 bits per heavy atom. The molecule has 6 heteroatoms. The molecule has 0 amide bonds. The largest absolute Gasteiger partial charge is 0.494 e. The molecule has 0 heterocycles.